The zero-order chi connectivity index (χ0) is 13.7. The van der Waals surface area contributed by atoms with Crippen LogP contribution in [0.15, 0.2) is 30.5 Å². The van der Waals surface area contributed by atoms with Gasteiger partial charge in [0.15, 0.2) is 0 Å². The van der Waals surface area contributed by atoms with Gasteiger partial charge in [0.25, 0.3) is 0 Å². The highest BCUT2D eigenvalue weighted by Gasteiger charge is 2.21. The number of unbranched alkanes of at least 4 members (excludes halogenated alkanes) is 1. The van der Waals surface area contributed by atoms with E-state index in [4.69, 9.17) is 0 Å². The van der Waals surface area contributed by atoms with E-state index in [0.717, 1.165) is 42.4 Å². The monoisotopic (exact) mass is 255 g/mol. The predicted octanol–water partition coefficient (Wildman–Crippen LogP) is 3.85. The van der Waals surface area contributed by atoms with Crippen molar-refractivity contribution in [2.24, 2.45) is 0 Å². The van der Waals surface area contributed by atoms with Crippen molar-refractivity contribution in [3.63, 3.8) is 0 Å². The number of benzene rings is 1. The van der Waals surface area contributed by atoms with Crippen molar-refractivity contribution in [3.8, 4) is 6.07 Å². The van der Waals surface area contributed by atoms with E-state index in [2.05, 4.69) is 41.9 Å². The quantitative estimate of drug-likeness (QED) is 0.851. The molecule has 2 aromatic rings. The molecule has 2 rings (SSSR count). The second-order valence-corrected chi connectivity index (χ2v) is 4.80. The van der Waals surface area contributed by atoms with E-state index in [-0.39, 0.29) is 6.04 Å². The molecule has 1 aromatic carbocycles. The lowest BCUT2D eigenvalue weighted by atomic mass is 10.0. The van der Waals surface area contributed by atoms with E-state index in [1.165, 1.54) is 0 Å². The fourth-order valence-corrected chi connectivity index (χ4v) is 2.50. The van der Waals surface area contributed by atoms with Crippen molar-refractivity contribution in [3.05, 3.63) is 36.0 Å². The Morgan fingerprint density at radius 1 is 1.32 bits per heavy atom. The molecule has 0 bridgehead atoms. The summed E-state index contributed by atoms with van der Waals surface area (Å²) in [4.78, 5) is 5.51. The smallest absolute Gasteiger partial charge is 0.125 e. The fraction of sp³-hybridized carbons (Fsp3) is 0.438. The minimum atomic E-state index is -0.160. The molecule has 0 spiro atoms. The molecule has 0 saturated carbocycles. The number of fused-ring (bicyclic) bond motifs is 1. The van der Waals surface area contributed by atoms with Gasteiger partial charge in [-0.05, 0) is 25.6 Å². The average Bonchev–Trinajstić information content (AvgIpc) is 2.87. The lowest BCUT2D eigenvalue weighted by Crippen LogP contribution is -2.28. The van der Waals surface area contributed by atoms with Gasteiger partial charge in [0, 0.05) is 22.7 Å². The highest BCUT2D eigenvalue weighted by atomic mass is 15.1. The van der Waals surface area contributed by atoms with Gasteiger partial charge in [-0.15, -0.1) is 0 Å². The summed E-state index contributed by atoms with van der Waals surface area (Å²) in [6.07, 6.45) is 4.27. The summed E-state index contributed by atoms with van der Waals surface area (Å²) >= 11 is 0. The maximum atomic E-state index is 9.55. The lowest BCUT2D eigenvalue weighted by molar-refractivity contribution is 0.246. The third kappa shape index (κ3) is 2.80. The summed E-state index contributed by atoms with van der Waals surface area (Å²) < 4.78 is 0. The Labute approximate surface area is 114 Å². The van der Waals surface area contributed by atoms with E-state index >= 15 is 0 Å². The van der Waals surface area contributed by atoms with Gasteiger partial charge in [-0.2, -0.15) is 5.26 Å². The number of para-hydroxylation sites is 1. The van der Waals surface area contributed by atoms with Crippen LogP contribution in [0, 0.1) is 11.3 Å². The molecule has 1 N–H and O–H groups in total. The first-order valence-corrected chi connectivity index (χ1v) is 7.01. The van der Waals surface area contributed by atoms with Gasteiger partial charge in [0.2, 0.25) is 0 Å². The first-order chi connectivity index (χ1) is 9.31. The molecule has 0 fully saturated rings. The normalized spacial score (nSPS) is 12.7. The van der Waals surface area contributed by atoms with Gasteiger partial charge in [0.1, 0.15) is 6.04 Å². The molecule has 1 heterocycles. The molecular formula is C16H21N3. The van der Waals surface area contributed by atoms with Gasteiger partial charge in [-0.25, -0.2) is 0 Å². The van der Waals surface area contributed by atoms with Crippen molar-refractivity contribution in [2.45, 2.75) is 32.7 Å². The zero-order valence-corrected chi connectivity index (χ0v) is 11.7. The number of aromatic nitrogens is 1. The largest absolute Gasteiger partial charge is 0.361 e. The van der Waals surface area contributed by atoms with Gasteiger partial charge in [0.05, 0.1) is 6.07 Å². The van der Waals surface area contributed by atoms with Crippen molar-refractivity contribution >= 4 is 10.9 Å². The number of nitriles is 1. The van der Waals surface area contributed by atoms with Crippen LogP contribution in [0.2, 0.25) is 0 Å². The number of aromatic amines is 1. The van der Waals surface area contributed by atoms with Crippen LogP contribution >= 0.6 is 0 Å². The molecule has 1 atom stereocenters. The first kappa shape index (κ1) is 13.6. The molecule has 19 heavy (non-hydrogen) atoms. The molecule has 3 nitrogen and oxygen atoms in total. The summed E-state index contributed by atoms with van der Waals surface area (Å²) in [5.41, 5.74) is 2.19. The Morgan fingerprint density at radius 2 is 2.11 bits per heavy atom. The topological polar surface area (TPSA) is 42.8 Å². The number of H-pyrrole nitrogens is 1. The fourth-order valence-electron chi connectivity index (χ4n) is 2.50. The van der Waals surface area contributed by atoms with Crippen LogP contribution < -0.4 is 0 Å². The van der Waals surface area contributed by atoms with Crippen LogP contribution in [-0.2, 0) is 0 Å². The molecule has 0 aliphatic heterocycles. The van der Waals surface area contributed by atoms with Crippen LogP contribution in [0.3, 0.4) is 0 Å². The predicted molar refractivity (Wildman–Crippen MR) is 78.8 cm³/mol. The molecule has 0 amide bonds. The average molecular weight is 255 g/mol. The Hall–Kier alpha value is -1.79. The SMILES string of the molecule is CCCCN(CC)C(C#N)c1c[nH]c2ccccc12. The molecular weight excluding hydrogens is 234 g/mol. The maximum Gasteiger partial charge on any atom is 0.125 e. The molecule has 1 unspecified atom stereocenters. The first-order valence-electron chi connectivity index (χ1n) is 7.01. The van der Waals surface area contributed by atoms with Crippen molar-refractivity contribution in [1.29, 1.82) is 5.26 Å². The van der Waals surface area contributed by atoms with E-state index in [0.29, 0.717) is 0 Å². The van der Waals surface area contributed by atoms with Crippen LogP contribution in [0.1, 0.15) is 38.3 Å². The van der Waals surface area contributed by atoms with Crippen molar-refractivity contribution in [1.82, 2.24) is 9.88 Å². The Kier molecular flexibility index (Phi) is 4.59. The van der Waals surface area contributed by atoms with Gasteiger partial charge >= 0.3 is 0 Å². The minimum Gasteiger partial charge on any atom is -0.361 e. The van der Waals surface area contributed by atoms with Gasteiger partial charge < -0.3 is 4.98 Å². The second kappa shape index (κ2) is 6.40. The standard InChI is InChI=1S/C16H21N3/c1-3-5-10-19(4-2)16(11-17)14-12-18-15-9-7-6-8-13(14)15/h6-9,12,16,18H,3-5,10H2,1-2H3. The third-order valence-corrected chi connectivity index (χ3v) is 3.61. The molecule has 3 heteroatoms. The summed E-state index contributed by atoms with van der Waals surface area (Å²) in [5, 5.41) is 10.7. The van der Waals surface area contributed by atoms with Crippen LogP contribution in [0.5, 0.6) is 0 Å². The molecule has 0 radical (unpaired) electrons. The Bertz CT molecular complexity index is 565. The van der Waals surface area contributed by atoms with Crippen molar-refractivity contribution < 1.29 is 0 Å². The molecule has 100 valence electrons. The minimum absolute atomic E-state index is 0.160. The van der Waals surface area contributed by atoms with Gasteiger partial charge in [-0.1, -0.05) is 38.5 Å². The summed E-state index contributed by atoms with van der Waals surface area (Å²) in [6, 6.07) is 10.5. The molecule has 0 saturated heterocycles. The van der Waals surface area contributed by atoms with E-state index in [1.807, 2.05) is 18.3 Å². The van der Waals surface area contributed by atoms with E-state index in [1.54, 1.807) is 0 Å². The number of hydrogen-bond donors (Lipinski definition) is 1. The highest BCUT2D eigenvalue weighted by molar-refractivity contribution is 5.83. The Morgan fingerprint density at radius 3 is 2.79 bits per heavy atom. The highest BCUT2D eigenvalue weighted by Crippen LogP contribution is 2.27. The molecule has 0 aliphatic carbocycles. The number of nitrogens with one attached hydrogen (secondary N) is 1. The molecule has 1 aromatic heterocycles. The van der Waals surface area contributed by atoms with Crippen LogP contribution in [0.25, 0.3) is 10.9 Å². The number of rotatable bonds is 6. The number of nitrogens with zero attached hydrogens (tertiary/aromatic N) is 2. The maximum absolute atomic E-state index is 9.55. The zero-order valence-electron chi connectivity index (χ0n) is 11.7. The summed E-state index contributed by atoms with van der Waals surface area (Å²) in [5.74, 6) is 0. The summed E-state index contributed by atoms with van der Waals surface area (Å²) in [7, 11) is 0. The van der Waals surface area contributed by atoms with Crippen molar-refractivity contribution in [2.75, 3.05) is 13.1 Å². The molecule has 0 aliphatic rings. The number of hydrogen-bond acceptors (Lipinski definition) is 2. The second-order valence-electron chi connectivity index (χ2n) is 4.80. The lowest BCUT2D eigenvalue weighted by Gasteiger charge is -2.25. The van der Waals surface area contributed by atoms with Crippen LogP contribution in [-0.4, -0.2) is 23.0 Å². The van der Waals surface area contributed by atoms with Gasteiger partial charge in [-0.3, -0.25) is 4.90 Å². The summed E-state index contributed by atoms with van der Waals surface area (Å²) in [6.45, 7) is 6.18. The van der Waals surface area contributed by atoms with E-state index < -0.39 is 0 Å². The third-order valence-electron chi connectivity index (χ3n) is 3.61. The van der Waals surface area contributed by atoms with Crippen LogP contribution in [0.4, 0.5) is 0 Å². The Balaban J connectivity index is 2.33. The van der Waals surface area contributed by atoms with E-state index in [9.17, 15) is 5.26 Å².